The number of hydrogen-bond donors (Lipinski definition) is 1. The van der Waals surface area contributed by atoms with E-state index in [0.29, 0.717) is 11.7 Å². The van der Waals surface area contributed by atoms with Crippen molar-refractivity contribution in [1.82, 2.24) is 25.0 Å². The molecule has 1 aliphatic heterocycles. The highest BCUT2D eigenvalue weighted by atomic mass is 32.1. The van der Waals surface area contributed by atoms with E-state index in [1.807, 2.05) is 23.5 Å². The smallest absolute Gasteiger partial charge is 0.273 e. The molecule has 1 aliphatic rings. The predicted molar refractivity (Wildman–Crippen MR) is 77.7 cm³/mol. The molecule has 0 aromatic carbocycles. The second kappa shape index (κ2) is 5.34. The van der Waals surface area contributed by atoms with Crippen LogP contribution in [0.3, 0.4) is 0 Å². The highest BCUT2D eigenvalue weighted by molar-refractivity contribution is 7.13. The second-order valence-corrected chi connectivity index (χ2v) is 5.91. The molecule has 6 nitrogen and oxygen atoms in total. The van der Waals surface area contributed by atoms with Crippen molar-refractivity contribution in [1.29, 1.82) is 0 Å². The van der Waals surface area contributed by atoms with Gasteiger partial charge in [0.2, 0.25) is 0 Å². The van der Waals surface area contributed by atoms with Crippen LogP contribution < -0.4 is 5.32 Å². The molecule has 20 heavy (non-hydrogen) atoms. The van der Waals surface area contributed by atoms with Crippen molar-refractivity contribution in [2.24, 2.45) is 7.05 Å². The van der Waals surface area contributed by atoms with Crippen molar-refractivity contribution in [3.8, 4) is 10.6 Å². The van der Waals surface area contributed by atoms with Gasteiger partial charge >= 0.3 is 0 Å². The number of aromatic nitrogens is 3. The van der Waals surface area contributed by atoms with Gasteiger partial charge in [-0.15, -0.1) is 11.3 Å². The maximum atomic E-state index is 12.4. The number of thiazole rings is 1. The molecular formula is C13H17N5OS. The number of piperazine rings is 1. The lowest BCUT2D eigenvalue weighted by atomic mass is 10.2. The van der Waals surface area contributed by atoms with Gasteiger partial charge in [-0.3, -0.25) is 9.48 Å². The lowest BCUT2D eigenvalue weighted by Gasteiger charge is -2.31. The molecule has 7 heteroatoms. The zero-order valence-electron chi connectivity index (χ0n) is 11.5. The van der Waals surface area contributed by atoms with Crippen molar-refractivity contribution in [3.63, 3.8) is 0 Å². The molecule has 1 amide bonds. The molecule has 106 valence electrons. The van der Waals surface area contributed by atoms with Crippen LogP contribution in [0.2, 0.25) is 0 Å². The summed E-state index contributed by atoms with van der Waals surface area (Å²) in [5.41, 5.74) is 1.48. The van der Waals surface area contributed by atoms with E-state index < -0.39 is 0 Å². The predicted octanol–water partition coefficient (Wildman–Crippen LogP) is 0.978. The Hall–Kier alpha value is -1.73. The Labute approximate surface area is 121 Å². The average molecular weight is 291 g/mol. The maximum Gasteiger partial charge on any atom is 0.273 e. The second-order valence-electron chi connectivity index (χ2n) is 5.05. The van der Waals surface area contributed by atoms with Crippen LogP contribution >= 0.6 is 11.3 Å². The van der Waals surface area contributed by atoms with E-state index in [1.54, 1.807) is 10.9 Å². The van der Waals surface area contributed by atoms with Gasteiger partial charge in [0.25, 0.3) is 5.91 Å². The van der Waals surface area contributed by atoms with Crippen molar-refractivity contribution in [2.45, 2.75) is 13.0 Å². The monoisotopic (exact) mass is 291 g/mol. The maximum absolute atomic E-state index is 12.4. The molecule has 0 bridgehead atoms. The number of amides is 1. The van der Waals surface area contributed by atoms with Crippen molar-refractivity contribution in [2.75, 3.05) is 19.6 Å². The van der Waals surface area contributed by atoms with Crippen LogP contribution in [0.5, 0.6) is 0 Å². The largest absolute Gasteiger partial charge is 0.334 e. The molecule has 1 atom stereocenters. The zero-order valence-corrected chi connectivity index (χ0v) is 12.4. The summed E-state index contributed by atoms with van der Waals surface area (Å²) in [6.45, 7) is 4.40. The van der Waals surface area contributed by atoms with Gasteiger partial charge in [0.15, 0.2) is 0 Å². The van der Waals surface area contributed by atoms with Gasteiger partial charge in [-0.1, -0.05) is 0 Å². The standard InChI is InChI=1S/C13H17N5OS/c1-9-6-18(4-3-14-9)13(19)11-8-20-12(16-11)10-5-15-17(2)7-10/h5,7-9,14H,3-4,6H2,1-2H3/t9-/m0/s1. The minimum absolute atomic E-state index is 0.0183. The number of carbonyl (C=O) groups is 1. The average Bonchev–Trinajstić information content (AvgIpc) is 3.06. The summed E-state index contributed by atoms with van der Waals surface area (Å²) >= 11 is 1.48. The molecule has 3 rings (SSSR count). The quantitative estimate of drug-likeness (QED) is 0.896. The van der Waals surface area contributed by atoms with Crippen LogP contribution in [0.25, 0.3) is 10.6 Å². The Morgan fingerprint density at radius 3 is 3.10 bits per heavy atom. The van der Waals surface area contributed by atoms with E-state index in [2.05, 4.69) is 22.3 Å². The van der Waals surface area contributed by atoms with Gasteiger partial charge < -0.3 is 10.2 Å². The molecule has 1 N–H and O–H groups in total. The third-order valence-corrected chi connectivity index (χ3v) is 4.22. The fraction of sp³-hybridized carbons (Fsp3) is 0.462. The lowest BCUT2D eigenvalue weighted by Crippen LogP contribution is -2.51. The summed E-state index contributed by atoms with van der Waals surface area (Å²) in [5.74, 6) is 0.0183. The Morgan fingerprint density at radius 2 is 2.40 bits per heavy atom. The molecule has 0 spiro atoms. The summed E-state index contributed by atoms with van der Waals surface area (Å²) in [4.78, 5) is 18.7. The third kappa shape index (κ3) is 2.59. The number of carbonyl (C=O) groups excluding carboxylic acids is 1. The highest BCUT2D eigenvalue weighted by Crippen LogP contribution is 2.23. The van der Waals surface area contributed by atoms with E-state index in [9.17, 15) is 4.79 Å². The lowest BCUT2D eigenvalue weighted by molar-refractivity contribution is 0.0704. The zero-order chi connectivity index (χ0) is 14.1. The third-order valence-electron chi connectivity index (χ3n) is 3.33. The fourth-order valence-corrected chi connectivity index (χ4v) is 3.08. The van der Waals surface area contributed by atoms with Gasteiger partial charge in [0.05, 0.1) is 6.20 Å². The first-order valence-electron chi connectivity index (χ1n) is 6.60. The van der Waals surface area contributed by atoms with Crippen LogP contribution in [-0.2, 0) is 7.05 Å². The van der Waals surface area contributed by atoms with E-state index in [1.165, 1.54) is 11.3 Å². The molecule has 1 fully saturated rings. The summed E-state index contributed by atoms with van der Waals surface area (Å²) in [5, 5.41) is 10.1. The van der Waals surface area contributed by atoms with Crippen LogP contribution in [0, 0.1) is 0 Å². The van der Waals surface area contributed by atoms with Crippen molar-refractivity contribution >= 4 is 17.2 Å². The van der Waals surface area contributed by atoms with Gasteiger partial charge in [-0.2, -0.15) is 5.10 Å². The number of nitrogens with one attached hydrogen (secondary N) is 1. The summed E-state index contributed by atoms with van der Waals surface area (Å²) < 4.78 is 1.73. The minimum atomic E-state index is 0.0183. The Morgan fingerprint density at radius 1 is 1.55 bits per heavy atom. The molecule has 0 unspecified atom stereocenters. The van der Waals surface area contributed by atoms with Crippen LogP contribution in [0.1, 0.15) is 17.4 Å². The molecule has 2 aromatic heterocycles. The normalized spacial score (nSPS) is 19.3. The van der Waals surface area contributed by atoms with Gasteiger partial charge in [0.1, 0.15) is 10.7 Å². The van der Waals surface area contributed by atoms with Gasteiger partial charge in [-0.25, -0.2) is 4.98 Å². The van der Waals surface area contributed by atoms with E-state index in [-0.39, 0.29) is 5.91 Å². The Kier molecular flexibility index (Phi) is 3.54. The first-order valence-corrected chi connectivity index (χ1v) is 7.48. The number of rotatable bonds is 2. The molecule has 2 aromatic rings. The summed E-state index contributed by atoms with van der Waals surface area (Å²) in [7, 11) is 1.87. The number of hydrogen-bond acceptors (Lipinski definition) is 5. The molecule has 1 saturated heterocycles. The van der Waals surface area contributed by atoms with Crippen LogP contribution in [-0.4, -0.2) is 51.2 Å². The minimum Gasteiger partial charge on any atom is -0.334 e. The molecule has 3 heterocycles. The Balaban J connectivity index is 1.77. The van der Waals surface area contributed by atoms with E-state index in [0.717, 1.165) is 30.2 Å². The first-order chi connectivity index (χ1) is 9.63. The van der Waals surface area contributed by atoms with E-state index in [4.69, 9.17) is 0 Å². The highest BCUT2D eigenvalue weighted by Gasteiger charge is 2.23. The number of aryl methyl sites for hydroxylation is 1. The van der Waals surface area contributed by atoms with Crippen molar-refractivity contribution < 1.29 is 4.79 Å². The van der Waals surface area contributed by atoms with Gasteiger partial charge in [0, 0.05) is 49.9 Å². The van der Waals surface area contributed by atoms with Crippen molar-refractivity contribution in [3.05, 3.63) is 23.5 Å². The fourth-order valence-electron chi connectivity index (χ4n) is 2.31. The Bertz CT molecular complexity index is 620. The molecule has 0 saturated carbocycles. The van der Waals surface area contributed by atoms with Crippen LogP contribution in [0.4, 0.5) is 0 Å². The number of nitrogens with zero attached hydrogens (tertiary/aromatic N) is 4. The molecular weight excluding hydrogens is 274 g/mol. The summed E-state index contributed by atoms with van der Waals surface area (Å²) in [6, 6.07) is 0.337. The summed E-state index contributed by atoms with van der Waals surface area (Å²) in [6.07, 6.45) is 3.67. The topological polar surface area (TPSA) is 63.1 Å². The van der Waals surface area contributed by atoms with E-state index >= 15 is 0 Å². The SMILES string of the molecule is C[C@H]1CN(C(=O)c2csc(-c3cnn(C)c3)n2)CCN1. The first kappa shape index (κ1) is 13.3. The molecule has 0 aliphatic carbocycles. The molecule has 0 radical (unpaired) electrons. The van der Waals surface area contributed by atoms with Gasteiger partial charge in [-0.05, 0) is 6.92 Å². The van der Waals surface area contributed by atoms with Crippen LogP contribution in [0.15, 0.2) is 17.8 Å².